The van der Waals surface area contributed by atoms with Crippen LogP contribution in [0.25, 0.3) is 0 Å². The van der Waals surface area contributed by atoms with Gasteiger partial charge in [-0.25, -0.2) is 9.67 Å². The van der Waals surface area contributed by atoms with E-state index in [9.17, 15) is 14.7 Å². The zero-order valence-corrected chi connectivity index (χ0v) is 14.3. The number of carboxylic acids is 1. The lowest BCUT2D eigenvalue weighted by molar-refractivity contribution is -0.142. The second-order valence-electron chi connectivity index (χ2n) is 6.93. The Morgan fingerprint density at radius 1 is 1.12 bits per heavy atom. The number of rotatable bonds is 6. The number of benzene rings is 1. The Hall–Kier alpha value is -2.70. The number of carboxylic acid groups (broad SMARTS) is 1. The Morgan fingerprint density at radius 3 is 2.17 bits per heavy atom. The number of primary amides is 1. The zero-order chi connectivity index (χ0) is 18.1. The summed E-state index contributed by atoms with van der Waals surface area (Å²) in [5.41, 5.74) is 5.63. The molecule has 0 spiro atoms. The molecule has 128 valence electrons. The molecular formula is C17H22N4O3. The maximum atomic E-state index is 11.8. The molecular weight excluding hydrogens is 308 g/mol. The SMILES string of the molecule is CC(C)(C(N)=O)c1cc(Cn2cncn2)cc(C(C)(C)C(=O)O)c1. The van der Waals surface area contributed by atoms with Gasteiger partial charge >= 0.3 is 5.97 Å². The molecule has 3 N–H and O–H groups in total. The molecule has 1 amide bonds. The molecule has 7 nitrogen and oxygen atoms in total. The van der Waals surface area contributed by atoms with E-state index in [2.05, 4.69) is 10.1 Å². The maximum absolute atomic E-state index is 11.8. The molecule has 0 atom stereocenters. The minimum Gasteiger partial charge on any atom is -0.481 e. The van der Waals surface area contributed by atoms with Gasteiger partial charge in [-0.05, 0) is 44.4 Å². The third-order valence-corrected chi connectivity index (χ3v) is 4.40. The largest absolute Gasteiger partial charge is 0.481 e. The highest BCUT2D eigenvalue weighted by Gasteiger charge is 2.33. The summed E-state index contributed by atoms with van der Waals surface area (Å²) in [6.07, 6.45) is 3.01. The molecule has 1 aromatic heterocycles. The van der Waals surface area contributed by atoms with Crippen LogP contribution in [0.2, 0.25) is 0 Å². The predicted molar refractivity (Wildman–Crippen MR) is 88.4 cm³/mol. The first-order valence-electron chi connectivity index (χ1n) is 7.56. The molecule has 1 heterocycles. The fraction of sp³-hybridized carbons (Fsp3) is 0.412. The maximum Gasteiger partial charge on any atom is 0.313 e. The lowest BCUT2D eigenvalue weighted by Crippen LogP contribution is -2.36. The number of carbonyl (C=O) groups is 2. The second kappa shape index (κ2) is 6.07. The average molecular weight is 330 g/mol. The van der Waals surface area contributed by atoms with Gasteiger partial charge in [0.2, 0.25) is 5.91 Å². The van der Waals surface area contributed by atoms with Crippen LogP contribution in [0, 0.1) is 0 Å². The summed E-state index contributed by atoms with van der Waals surface area (Å²) < 4.78 is 1.63. The number of aromatic nitrogens is 3. The van der Waals surface area contributed by atoms with E-state index in [1.165, 1.54) is 6.33 Å². The molecule has 0 aliphatic rings. The number of hydrogen-bond donors (Lipinski definition) is 2. The summed E-state index contributed by atoms with van der Waals surface area (Å²) in [6, 6.07) is 5.41. The van der Waals surface area contributed by atoms with Gasteiger partial charge in [0.05, 0.1) is 17.4 Å². The van der Waals surface area contributed by atoms with Gasteiger partial charge in [-0.3, -0.25) is 9.59 Å². The van der Waals surface area contributed by atoms with Crippen LogP contribution in [0.3, 0.4) is 0 Å². The molecule has 0 aliphatic carbocycles. The normalized spacial score (nSPS) is 12.2. The first kappa shape index (κ1) is 17.7. The van der Waals surface area contributed by atoms with Gasteiger partial charge in [0.1, 0.15) is 12.7 Å². The number of nitrogens with two attached hydrogens (primary N) is 1. The molecule has 0 aliphatic heterocycles. The van der Waals surface area contributed by atoms with Gasteiger partial charge in [0.15, 0.2) is 0 Å². The van der Waals surface area contributed by atoms with Crippen molar-refractivity contribution in [3.05, 3.63) is 47.5 Å². The summed E-state index contributed by atoms with van der Waals surface area (Å²) in [4.78, 5) is 27.3. The first-order chi connectivity index (χ1) is 11.0. The molecule has 0 saturated carbocycles. The quantitative estimate of drug-likeness (QED) is 0.833. The Balaban J connectivity index is 2.59. The minimum absolute atomic E-state index is 0.422. The average Bonchev–Trinajstić information content (AvgIpc) is 2.99. The Kier molecular flexibility index (Phi) is 4.46. The summed E-state index contributed by atoms with van der Waals surface area (Å²) >= 11 is 0. The van der Waals surface area contributed by atoms with Crippen molar-refractivity contribution in [1.29, 1.82) is 0 Å². The van der Waals surface area contributed by atoms with Crippen LogP contribution in [0.15, 0.2) is 30.9 Å². The Morgan fingerprint density at radius 2 is 1.71 bits per heavy atom. The van der Waals surface area contributed by atoms with Gasteiger partial charge in [-0.15, -0.1) is 0 Å². The summed E-state index contributed by atoms with van der Waals surface area (Å²) in [7, 11) is 0. The van der Waals surface area contributed by atoms with Crippen LogP contribution in [0.5, 0.6) is 0 Å². The van der Waals surface area contributed by atoms with Crippen LogP contribution < -0.4 is 5.73 Å². The number of amides is 1. The van der Waals surface area contributed by atoms with Crippen molar-refractivity contribution >= 4 is 11.9 Å². The van der Waals surface area contributed by atoms with Crippen LogP contribution in [-0.4, -0.2) is 31.7 Å². The van der Waals surface area contributed by atoms with Gasteiger partial charge in [0.25, 0.3) is 0 Å². The first-order valence-corrected chi connectivity index (χ1v) is 7.56. The van der Waals surface area contributed by atoms with Crippen molar-refractivity contribution in [3.8, 4) is 0 Å². The Bertz CT molecular complexity index is 720. The van der Waals surface area contributed by atoms with Gasteiger partial charge in [-0.1, -0.05) is 18.2 Å². The van der Waals surface area contributed by atoms with Crippen molar-refractivity contribution in [2.45, 2.75) is 45.1 Å². The highest BCUT2D eigenvalue weighted by atomic mass is 16.4. The topological polar surface area (TPSA) is 111 Å². The lowest BCUT2D eigenvalue weighted by Gasteiger charge is -2.26. The second-order valence-corrected chi connectivity index (χ2v) is 6.93. The third kappa shape index (κ3) is 3.29. The molecule has 0 saturated heterocycles. The summed E-state index contributed by atoms with van der Waals surface area (Å²) in [5, 5.41) is 13.6. The van der Waals surface area contributed by atoms with E-state index >= 15 is 0 Å². The third-order valence-electron chi connectivity index (χ3n) is 4.40. The van der Waals surface area contributed by atoms with Crippen LogP contribution in [0.1, 0.15) is 44.4 Å². The van der Waals surface area contributed by atoms with E-state index < -0.39 is 22.7 Å². The molecule has 0 fully saturated rings. The fourth-order valence-corrected chi connectivity index (χ4v) is 2.27. The number of carbonyl (C=O) groups excluding carboxylic acids is 1. The van der Waals surface area contributed by atoms with Crippen molar-refractivity contribution < 1.29 is 14.7 Å². The highest BCUT2D eigenvalue weighted by molar-refractivity contribution is 5.86. The monoisotopic (exact) mass is 330 g/mol. The van der Waals surface area contributed by atoms with E-state index in [-0.39, 0.29) is 0 Å². The van der Waals surface area contributed by atoms with E-state index in [0.29, 0.717) is 17.7 Å². The Labute approximate surface area is 140 Å². The molecule has 2 aromatic rings. The van der Waals surface area contributed by atoms with Crippen molar-refractivity contribution in [2.75, 3.05) is 0 Å². The molecule has 1 aromatic carbocycles. The molecule has 0 radical (unpaired) electrons. The van der Waals surface area contributed by atoms with Gasteiger partial charge < -0.3 is 10.8 Å². The predicted octanol–water partition coefficient (Wildman–Crippen LogP) is 1.45. The van der Waals surface area contributed by atoms with Crippen LogP contribution in [-0.2, 0) is 27.0 Å². The number of nitrogens with zero attached hydrogens (tertiary/aromatic N) is 3. The van der Waals surface area contributed by atoms with Crippen LogP contribution in [0.4, 0.5) is 0 Å². The number of aliphatic carboxylic acids is 1. The standard InChI is InChI=1S/C17H22N4O3/c1-16(2,14(18)22)12-5-11(8-21-10-19-9-20-21)6-13(7-12)17(3,4)15(23)24/h5-7,9-10H,8H2,1-4H3,(H2,18,22)(H,23,24). The van der Waals surface area contributed by atoms with Gasteiger partial charge in [0, 0.05) is 0 Å². The van der Waals surface area contributed by atoms with E-state index in [4.69, 9.17) is 5.73 Å². The van der Waals surface area contributed by atoms with E-state index in [1.54, 1.807) is 44.8 Å². The fourth-order valence-electron chi connectivity index (χ4n) is 2.27. The van der Waals surface area contributed by atoms with Crippen LogP contribution >= 0.6 is 0 Å². The molecule has 24 heavy (non-hydrogen) atoms. The summed E-state index contributed by atoms with van der Waals surface area (Å²) in [5.74, 6) is -1.41. The van der Waals surface area contributed by atoms with E-state index in [1.807, 2.05) is 12.1 Å². The molecule has 2 rings (SSSR count). The smallest absolute Gasteiger partial charge is 0.313 e. The van der Waals surface area contributed by atoms with Crippen molar-refractivity contribution in [2.24, 2.45) is 5.73 Å². The van der Waals surface area contributed by atoms with E-state index in [0.717, 1.165) is 5.56 Å². The van der Waals surface area contributed by atoms with Gasteiger partial charge in [-0.2, -0.15) is 5.10 Å². The molecule has 7 heteroatoms. The number of hydrogen-bond acceptors (Lipinski definition) is 4. The summed E-state index contributed by atoms with van der Waals surface area (Å²) in [6.45, 7) is 7.13. The minimum atomic E-state index is -1.10. The highest BCUT2D eigenvalue weighted by Crippen LogP contribution is 2.31. The van der Waals surface area contributed by atoms with Crippen molar-refractivity contribution in [1.82, 2.24) is 14.8 Å². The molecule has 0 bridgehead atoms. The molecule has 0 unspecified atom stereocenters. The zero-order valence-electron chi connectivity index (χ0n) is 14.3. The van der Waals surface area contributed by atoms with Crippen molar-refractivity contribution in [3.63, 3.8) is 0 Å². The lowest BCUT2D eigenvalue weighted by atomic mass is 9.77.